The van der Waals surface area contributed by atoms with E-state index in [0.717, 1.165) is 13.0 Å². The van der Waals surface area contributed by atoms with E-state index in [4.69, 9.17) is 5.73 Å². The first kappa shape index (κ1) is 10.5. The van der Waals surface area contributed by atoms with Gasteiger partial charge in [-0.05, 0) is 24.3 Å². The molecule has 0 aromatic heterocycles. The fourth-order valence-electron chi connectivity index (χ4n) is 1.94. The van der Waals surface area contributed by atoms with Crippen molar-refractivity contribution in [2.45, 2.75) is 26.7 Å². The Morgan fingerprint density at radius 1 is 1.62 bits per heavy atom. The van der Waals surface area contributed by atoms with Crippen molar-refractivity contribution in [2.24, 2.45) is 17.1 Å². The quantitative estimate of drug-likeness (QED) is 0.691. The van der Waals surface area contributed by atoms with Gasteiger partial charge in [0.05, 0.1) is 0 Å². The molecule has 1 amide bonds. The van der Waals surface area contributed by atoms with E-state index < -0.39 is 0 Å². The highest BCUT2D eigenvalue weighted by Gasteiger charge is 2.39. The van der Waals surface area contributed by atoms with Crippen molar-refractivity contribution in [3.05, 3.63) is 0 Å². The zero-order valence-corrected chi connectivity index (χ0v) is 8.84. The van der Waals surface area contributed by atoms with Crippen LogP contribution in [0.2, 0.25) is 0 Å². The largest absolute Gasteiger partial charge is 0.346 e. The predicted octanol–water partition coefficient (Wildman–Crippen LogP) is 0.840. The van der Waals surface area contributed by atoms with Crippen molar-refractivity contribution in [1.82, 2.24) is 4.90 Å². The molecule has 1 atom stereocenters. The second kappa shape index (κ2) is 3.66. The van der Waals surface area contributed by atoms with Gasteiger partial charge in [0.2, 0.25) is 5.91 Å². The Morgan fingerprint density at radius 2 is 2.23 bits per heavy atom. The monoisotopic (exact) mass is 184 g/mol. The van der Waals surface area contributed by atoms with Gasteiger partial charge in [0.1, 0.15) is 0 Å². The van der Waals surface area contributed by atoms with Gasteiger partial charge >= 0.3 is 0 Å². The number of hydrogen-bond donors (Lipinski definition) is 1. The number of amides is 1. The molecule has 2 N–H and O–H groups in total. The number of piperidine rings is 1. The molecule has 0 bridgehead atoms. The van der Waals surface area contributed by atoms with Crippen molar-refractivity contribution >= 4 is 5.91 Å². The smallest absolute Gasteiger partial charge is 0.222 e. The second-order valence-corrected chi connectivity index (χ2v) is 4.46. The lowest BCUT2D eigenvalue weighted by atomic mass is 9.70. The fourth-order valence-corrected chi connectivity index (χ4v) is 1.94. The molecule has 13 heavy (non-hydrogen) atoms. The Labute approximate surface area is 80.3 Å². The summed E-state index contributed by atoms with van der Waals surface area (Å²) in [6.45, 7) is 5.80. The molecule has 3 nitrogen and oxygen atoms in total. The van der Waals surface area contributed by atoms with Crippen LogP contribution in [0.1, 0.15) is 26.7 Å². The number of carbonyl (C=O) groups is 1. The third-order valence-electron chi connectivity index (χ3n) is 3.51. The minimum absolute atomic E-state index is 0.0591. The molecule has 1 unspecified atom stereocenters. The molecule has 1 aliphatic rings. The highest BCUT2D eigenvalue weighted by Crippen LogP contribution is 2.37. The topological polar surface area (TPSA) is 46.3 Å². The minimum atomic E-state index is 0.0591. The first-order chi connectivity index (χ1) is 6.02. The third-order valence-corrected chi connectivity index (χ3v) is 3.51. The molecule has 0 aromatic rings. The molecule has 76 valence electrons. The van der Waals surface area contributed by atoms with Crippen molar-refractivity contribution in [2.75, 3.05) is 20.1 Å². The van der Waals surface area contributed by atoms with Crippen molar-refractivity contribution in [1.29, 1.82) is 0 Å². The molecule has 0 aromatic carbocycles. The molecule has 1 fully saturated rings. The van der Waals surface area contributed by atoms with E-state index in [2.05, 4.69) is 13.8 Å². The van der Waals surface area contributed by atoms with E-state index in [1.54, 1.807) is 4.90 Å². The van der Waals surface area contributed by atoms with Crippen LogP contribution >= 0.6 is 0 Å². The van der Waals surface area contributed by atoms with Gasteiger partial charge in [0, 0.05) is 20.0 Å². The van der Waals surface area contributed by atoms with Gasteiger partial charge in [0.25, 0.3) is 0 Å². The van der Waals surface area contributed by atoms with E-state index in [1.807, 2.05) is 7.05 Å². The summed E-state index contributed by atoms with van der Waals surface area (Å²) in [5.74, 6) is 0.737. The SMILES string of the molecule is CC(C)C1(CN)CCN(C)C(=O)C1. The summed E-state index contributed by atoms with van der Waals surface area (Å²) >= 11 is 0. The van der Waals surface area contributed by atoms with Crippen molar-refractivity contribution < 1.29 is 4.79 Å². The first-order valence-corrected chi connectivity index (χ1v) is 4.96. The maximum Gasteiger partial charge on any atom is 0.222 e. The molecule has 0 aliphatic carbocycles. The van der Waals surface area contributed by atoms with Gasteiger partial charge in [-0.2, -0.15) is 0 Å². The van der Waals surface area contributed by atoms with E-state index in [0.29, 0.717) is 18.9 Å². The normalized spacial score (nSPS) is 29.9. The highest BCUT2D eigenvalue weighted by molar-refractivity contribution is 5.77. The number of nitrogens with two attached hydrogens (primary N) is 1. The van der Waals surface area contributed by atoms with Gasteiger partial charge in [-0.3, -0.25) is 4.79 Å². The zero-order chi connectivity index (χ0) is 10.1. The van der Waals surface area contributed by atoms with E-state index in [9.17, 15) is 4.79 Å². The van der Waals surface area contributed by atoms with Gasteiger partial charge in [-0.25, -0.2) is 0 Å². The van der Waals surface area contributed by atoms with Crippen LogP contribution in [0.15, 0.2) is 0 Å². The average molecular weight is 184 g/mol. The molecule has 0 radical (unpaired) electrons. The lowest BCUT2D eigenvalue weighted by Gasteiger charge is -2.42. The van der Waals surface area contributed by atoms with Crippen molar-refractivity contribution in [3.63, 3.8) is 0 Å². The highest BCUT2D eigenvalue weighted by atomic mass is 16.2. The van der Waals surface area contributed by atoms with Gasteiger partial charge in [0.15, 0.2) is 0 Å². The first-order valence-electron chi connectivity index (χ1n) is 4.96. The van der Waals surface area contributed by atoms with Gasteiger partial charge in [-0.1, -0.05) is 13.8 Å². The third kappa shape index (κ3) is 1.85. The van der Waals surface area contributed by atoms with Crippen LogP contribution in [-0.4, -0.2) is 30.9 Å². The van der Waals surface area contributed by atoms with E-state index in [1.165, 1.54) is 0 Å². The molecule has 1 aliphatic heterocycles. The summed E-state index contributed by atoms with van der Waals surface area (Å²) in [5, 5.41) is 0. The number of rotatable bonds is 2. The second-order valence-electron chi connectivity index (χ2n) is 4.46. The maximum absolute atomic E-state index is 11.5. The molecular formula is C10H20N2O. The lowest BCUT2D eigenvalue weighted by molar-refractivity contribution is -0.137. The number of likely N-dealkylation sites (tertiary alicyclic amines) is 1. The van der Waals surface area contributed by atoms with Crippen molar-refractivity contribution in [3.8, 4) is 0 Å². The van der Waals surface area contributed by atoms with Crippen LogP contribution in [0.25, 0.3) is 0 Å². The van der Waals surface area contributed by atoms with Crippen LogP contribution in [0.4, 0.5) is 0 Å². The van der Waals surface area contributed by atoms with Crippen LogP contribution < -0.4 is 5.73 Å². The molecule has 1 heterocycles. The summed E-state index contributed by atoms with van der Waals surface area (Å²) in [7, 11) is 1.86. The summed E-state index contributed by atoms with van der Waals surface area (Å²) in [4.78, 5) is 13.3. The molecule has 0 saturated carbocycles. The molecule has 3 heteroatoms. The summed E-state index contributed by atoms with van der Waals surface area (Å²) in [6.07, 6.45) is 1.67. The lowest BCUT2D eigenvalue weighted by Crippen LogP contribution is -2.48. The standard InChI is InChI=1S/C10H20N2O/c1-8(2)10(7-11)4-5-12(3)9(13)6-10/h8H,4-7,11H2,1-3H3. The summed E-state index contributed by atoms with van der Waals surface area (Å²) < 4.78 is 0. The van der Waals surface area contributed by atoms with Crippen LogP contribution in [-0.2, 0) is 4.79 Å². The average Bonchev–Trinajstić information content (AvgIpc) is 2.09. The summed E-state index contributed by atoms with van der Waals surface area (Å²) in [5.41, 5.74) is 5.84. The Kier molecular flexibility index (Phi) is 2.96. The Morgan fingerprint density at radius 3 is 2.62 bits per heavy atom. The zero-order valence-electron chi connectivity index (χ0n) is 8.84. The maximum atomic E-state index is 11.5. The van der Waals surface area contributed by atoms with E-state index >= 15 is 0 Å². The Balaban J connectivity index is 2.74. The molecule has 1 saturated heterocycles. The number of carbonyl (C=O) groups excluding carboxylic acids is 1. The Hall–Kier alpha value is -0.570. The van der Waals surface area contributed by atoms with Gasteiger partial charge in [-0.15, -0.1) is 0 Å². The fraction of sp³-hybridized carbons (Fsp3) is 0.900. The van der Waals surface area contributed by atoms with Crippen LogP contribution in [0.3, 0.4) is 0 Å². The summed E-state index contributed by atoms with van der Waals surface area (Å²) in [6, 6.07) is 0. The van der Waals surface area contributed by atoms with Crippen LogP contribution in [0.5, 0.6) is 0 Å². The van der Waals surface area contributed by atoms with E-state index in [-0.39, 0.29) is 11.3 Å². The molecule has 0 spiro atoms. The Bertz CT molecular complexity index is 203. The molecule has 1 rings (SSSR count). The molecular weight excluding hydrogens is 164 g/mol. The predicted molar refractivity (Wildman–Crippen MR) is 53.2 cm³/mol. The minimum Gasteiger partial charge on any atom is -0.346 e. The van der Waals surface area contributed by atoms with Gasteiger partial charge < -0.3 is 10.6 Å². The number of nitrogens with zero attached hydrogens (tertiary/aromatic N) is 1. The van der Waals surface area contributed by atoms with Crippen LogP contribution in [0, 0.1) is 11.3 Å². The number of hydrogen-bond acceptors (Lipinski definition) is 2.